The first-order valence-corrected chi connectivity index (χ1v) is 16.8. The van der Waals surface area contributed by atoms with E-state index in [1.807, 2.05) is 42.7 Å². The molecule has 6 heteroatoms. The molecule has 2 aliphatic rings. The van der Waals surface area contributed by atoms with Crippen molar-refractivity contribution in [2.45, 2.75) is 12.0 Å². The van der Waals surface area contributed by atoms with Gasteiger partial charge in [-0.2, -0.15) is 0 Å². The molecule has 0 fully saturated rings. The SMILES string of the molecule is C1=CC2c3c(cncc3-c3nc(-c4ccccc4)nc(-c4cccc5c4sc4ccccc45)n3)OC2C(c2ccc3ccccc3c2)=C1. The third kappa shape index (κ3) is 4.30. The van der Waals surface area contributed by atoms with Crippen LogP contribution < -0.4 is 4.74 Å². The van der Waals surface area contributed by atoms with Gasteiger partial charge in [0.2, 0.25) is 0 Å². The lowest BCUT2D eigenvalue weighted by atomic mass is 9.82. The molecule has 0 spiro atoms. The average molecular weight is 635 g/mol. The van der Waals surface area contributed by atoms with E-state index >= 15 is 0 Å². The number of thiophene rings is 1. The number of allylic oxidation sites excluding steroid dienone is 2. The molecule has 4 heterocycles. The molecule has 2 atom stereocenters. The number of nitrogens with zero attached hydrogens (tertiary/aromatic N) is 4. The average Bonchev–Trinajstić information content (AvgIpc) is 3.73. The van der Waals surface area contributed by atoms with Crippen molar-refractivity contribution in [3.05, 3.63) is 157 Å². The van der Waals surface area contributed by atoms with Gasteiger partial charge in [-0.1, -0.05) is 115 Å². The Bertz CT molecular complexity index is 2620. The molecule has 0 saturated carbocycles. The zero-order valence-corrected chi connectivity index (χ0v) is 26.4. The second-order valence-corrected chi connectivity index (χ2v) is 13.2. The topological polar surface area (TPSA) is 60.8 Å². The van der Waals surface area contributed by atoms with E-state index in [1.165, 1.54) is 26.2 Å². The number of hydrogen-bond donors (Lipinski definition) is 0. The summed E-state index contributed by atoms with van der Waals surface area (Å²) in [6.07, 6.45) is 10.1. The van der Waals surface area contributed by atoms with Gasteiger partial charge in [-0.25, -0.2) is 15.0 Å². The Morgan fingerprint density at radius 1 is 0.604 bits per heavy atom. The number of aromatic nitrogens is 4. The zero-order chi connectivity index (χ0) is 31.6. The minimum absolute atomic E-state index is 0.0177. The number of ether oxygens (including phenoxy) is 1. The van der Waals surface area contributed by atoms with E-state index in [0.29, 0.717) is 17.5 Å². The highest BCUT2D eigenvalue weighted by molar-refractivity contribution is 7.26. The van der Waals surface area contributed by atoms with E-state index in [9.17, 15) is 0 Å². The lowest BCUT2D eigenvalue weighted by Crippen LogP contribution is -2.21. The fourth-order valence-corrected chi connectivity index (χ4v) is 8.35. The maximum Gasteiger partial charge on any atom is 0.166 e. The third-order valence-corrected chi connectivity index (χ3v) is 10.6. The maximum atomic E-state index is 6.72. The summed E-state index contributed by atoms with van der Waals surface area (Å²) in [6.45, 7) is 0. The van der Waals surface area contributed by atoms with E-state index < -0.39 is 0 Å². The first-order valence-electron chi connectivity index (χ1n) is 16.0. The predicted octanol–water partition coefficient (Wildman–Crippen LogP) is 10.3. The van der Waals surface area contributed by atoms with Crippen LogP contribution in [0.2, 0.25) is 0 Å². The molecular weight excluding hydrogens is 609 g/mol. The van der Waals surface area contributed by atoms with Gasteiger partial charge >= 0.3 is 0 Å². The molecule has 0 saturated heterocycles. The van der Waals surface area contributed by atoms with E-state index in [1.54, 1.807) is 11.3 Å². The van der Waals surface area contributed by atoms with Gasteiger partial charge < -0.3 is 4.74 Å². The quantitative estimate of drug-likeness (QED) is 0.193. The van der Waals surface area contributed by atoms with Crippen LogP contribution in [0.1, 0.15) is 17.0 Å². The van der Waals surface area contributed by atoms with Crippen molar-refractivity contribution >= 4 is 47.9 Å². The highest BCUT2D eigenvalue weighted by Crippen LogP contribution is 2.49. The minimum Gasteiger partial charge on any atom is -0.483 e. The standard InChI is InChI=1S/C42H26N4OS/c1-2-11-26(12-3-1)40-44-41(33-18-9-16-31-30-14-6-7-19-36(30)48-39(31)33)46-42(45-40)34-23-43-24-35-37(34)32-17-8-15-29(38(32)47-35)28-21-20-25-10-4-5-13-27(25)22-28/h1-24,32,38H. The molecule has 0 bridgehead atoms. The van der Waals surface area contributed by atoms with Crippen molar-refractivity contribution in [1.82, 2.24) is 19.9 Å². The van der Waals surface area contributed by atoms with Gasteiger partial charge in [0.1, 0.15) is 11.9 Å². The molecule has 226 valence electrons. The van der Waals surface area contributed by atoms with Gasteiger partial charge in [-0.3, -0.25) is 4.98 Å². The van der Waals surface area contributed by atoms with E-state index in [0.717, 1.165) is 43.8 Å². The predicted molar refractivity (Wildman–Crippen MR) is 195 cm³/mol. The summed E-state index contributed by atoms with van der Waals surface area (Å²) in [5, 5.41) is 4.87. The summed E-state index contributed by atoms with van der Waals surface area (Å²) in [6, 6.07) is 40.1. The Balaban J connectivity index is 1.13. The Labute approximate surface area is 280 Å². The Morgan fingerprint density at radius 3 is 2.29 bits per heavy atom. The molecule has 48 heavy (non-hydrogen) atoms. The van der Waals surface area contributed by atoms with Crippen molar-refractivity contribution in [2.24, 2.45) is 0 Å². The van der Waals surface area contributed by atoms with Gasteiger partial charge in [0, 0.05) is 60.1 Å². The van der Waals surface area contributed by atoms with Gasteiger partial charge in [-0.15, -0.1) is 11.3 Å². The second-order valence-electron chi connectivity index (χ2n) is 12.2. The Hall–Kier alpha value is -5.98. The zero-order valence-electron chi connectivity index (χ0n) is 25.6. The van der Waals surface area contributed by atoms with Crippen molar-refractivity contribution in [2.75, 3.05) is 0 Å². The fraction of sp³-hybridized carbons (Fsp3) is 0.0476. The third-order valence-electron chi connectivity index (χ3n) is 9.40. The fourth-order valence-electron chi connectivity index (χ4n) is 7.14. The molecule has 5 nitrogen and oxygen atoms in total. The number of rotatable bonds is 4. The van der Waals surface area contributed by atoms with Crippen LogP contribution in [0.5, 0.6) is 5.75 Å². The molecule has 10 rings (SSSR count). The summed E-state index contributed by atoms with van der Waals surface area (Å²) in [7, 11) is 0. The number of benzene rings is 5. The van der Waals surface area contributed by atoms with Crippen LogP contribution in [0.25, 0.3) is 70.7 Å². The van der Waals surface area contributed by atoms with Crippen LogP contribution in [0.3, 0.4) is 0 Å². The number of fused-ring (bicyclic) bond motifs is 7. The van der Waals surface area contributed by atoms with Crippen molar-refractivity contribution in [1.29, 1.82) is 0 Å². The minimum atomic E-state index is -0.184. The molecule has 0 N–H and O–H groups in total. The van der Waals surface area contributed by atoms with Crippen molar-refractivity contribution in [3.8, 4) is 39.9 Å². The van der Waals surface area contributed by atoms with Gasteiger partial charge in [-0.05, 0) is 34.5 Å². The molecule has 2 unspecified atom stereocenters. The first kappa shape index (κ1) is 27.2. The molecular formula is C42H26N4OS. The highest BCUT2D eigenvalue weighted by Gasteiger charge is 2.40. The summed E-state index contributed by atoms with van der Waals surface area (Å²) in [5.41, 5.74) is 6.12. The lowest BCUT2D eigenvalue weighted by molar-refractivity contribution is 0.277. The summed E-state index contributed by atoms with van der Waals surface area (Å²) >= 11 is 1.77. The van der Waals surface area contributed by atoms with Crippen LogP contribution in [0.4, 0.5) is 0 Å². The van der Waals surface area contributed by atoms with Crippen LogP contribution in [-0.2, 0) is 0 Å². The normalized spacial score (nSPS) is 16.5. The van der Waals surface area contributed by atoms with E-state index in [-0.39, 0.29) is 12.0 Å². The summed E-state index contributed by atoms with van der Waals surface area (Å²) in [4.78, 5) is 20.0. The van der Waals surface area contributed by atoms with E-state index in [2.05, 4.69) is 108 Å². The highest BCUT2D eigenvalue weighted by atomic mass is 32.1. The number of pyridine rings is 1. The molecule has 8 aromatic rings. The molecule has 1 aliphatic heterocycles. The Kier molecular flexibility index (Phi) is 6.11. The maximum absolute atomic E-state index is 6.72. The van der Waals surface area contributed by atoms with Crippen LogP contribution in [0, 0.1) is 0 Å². The first-order chi connectivity index (χ1) is 23.8. The van der Waals surface area contributed by atoms with Crippen LogP contribution >= 0.6 is 11.3 Å². The smallest absolute Gasteiger partial charge is 0.166 e. The summed E-state index contributed by atoms with van der Waals surface area (Å²) < 4.78 is 9.12. The van der Waals surface area contributed by atoms with E-state index in [4.69, 9.17) is 19.7 Å². The lowest BCUT2D eigenvalue weighted by Gasteiger charge is -2.23. The summed E-state index contributed by atoms with van der Waals surface area (Å²) in [5.74, 6) is 2.59. The van der Waals surface area contributed by atoms with Gasteiger partial charge in [0.05, 0.1) is 6.20 Å². The van der Waals surface area contributed by atoms with Gasteiger partial charge in [0.15, 0.2) is 17.5 Å². The molecule has 5 aromatic carbocycles. The monoisotopic (exact) mass is 634 g/mol. The largest absolute Gasteiger partial charge is 0.483 e. The van der Waals surface area contributed by atoms with Gasteiger partial charge in [0.25, 0.3) is 0 Å². The van der Waals surface area contributed by atoms with Crippen LogP contribution in [-0.4, -0.2) is 26.0 Å². The number of hydrogen-bond acceptors (Lipinski definition) is 6. The molecule has 3 aromatic heterocycles. The van der Waals surface area contributed by atoms with Crippen molar-refractivity contribution in [3.63, 3.8) is 0 Å². The molecule has 1 aliphatic carbocycles. The molecule has 0 amide bonds. The second kappa shape index (κ2) is 10.8. The van der Waals surface area contributed by atoms with Crippen molar-refractivity contribution < 1.29 is 4.74 Å². The Morgan fingerprint density at radius 2 is 1.38 bits per heavy atom. The molecule has 0 radical (unpaired) electrons. The van der Waals surface area contributed by atoms with Crippen LogP contribution in [0.15, 0.2) is 146 Å².